The van der Waals surface area contributed by atoms with E-state index in [4.69, 9.17) is 16.3 Å². The van der Waals surface area contributed by atoms with Crippen LogP contribution in [0.4, 0.5) is 11.4 Å². The Bertz CT molecular complexity index is 954. The number of esters is 1. The molecule has 3 rings (SSSR count). The second kappa shape index (κ2) is 7.11. The molecule has 5 heteroatoms. The van der Waals surface area contributed by atoms with Gasteiger partial charge in [-0.1, -0.05) is 17.7 Å². The number of nitrogens with zero attached hydrogens (tertiary/aromatic N) is 1. The Hall–Kier alpha value is -2.59. The zero-order chi connectivity index (χ0) is 18.0. The quantitative estimate of drug-likeness (QED) is 0.635. The van der Waals surface area contributed by atoms with E-state index in [0.29, 0.717) is 17.1 Å². The number of halogens is 1. The lowest BCUT2D eigenvalue weighted by Gasteiger charge is -2.13. The summed E-state index contributed by atoms with van der Waals surface area (Å²) in [4.78, 5) is 16.5. The van der Waals surface area contributed by atoms with Crippen LogP contribution in [-0.2, 0) is 4.74 Å². The predicted molar refractivity (Wildman–Crippen MR) is 102 cm³/mol. The second-order valence-electron chi connectivity index (χ2n) is 5.86. The number of anilines is 2. The van der Waals surface area contributed by atoms with Gasteiger partial charge in [0, 0.05) is 16.1 Å². The SMILES string of the molecule is CCOC(=O)c1cc(Nc2ccc(C)c(C)c2)c2cc(Cl)ccc2n1. The predicted octanol–water partition coefficient (Wildman–Crippen LogP) is 5.43. The van der Waals surface area contributed by atoms with Crippen LogP contribution in [0.3, 0.4) is 0 Å². The van der Waals surface area contributed by atoms with Gasteiger partial charge in [0.1, 0.15) is 0 Å². The highest BCUT2D eigenvalue weighted by Crippen LogP contribution is 2.29. The molecule has 0 fully saturated rings. The number of rotatable bonds is 4. The Morgan fingerprint density at radius 3 is 2.64 bits per heavy atom. The molecule has 0 spiro atoms. The van der Waals surface area contributed by atoms with Crippen molar-refractivity contribution in [1.29, 1.82) is 0 Å². The molecule has 0 unspecified atom stereocenters. The number of hydrogen-bond acceptors (Lipinski definition) is 4. The molecule has 1 N–H and O–H groups in total. The smallest absolute Gasteiger partial charge is 0.357 e. The number of benzene rings is 2. The third-order valence-electron chi connectivity index (χ3n) is 4.04. The first-order valence-electron chi connectivity index (χ1n) is 8.09. The summed E-state index contributed by atoms with van der Waals surface area (Å²) < 4.78 is 5.09. The van der Waals surface area contributed by atoms with Crippen molar-refractivity contribution >= 4 is 39.8 Å². The van der Waals surface area contributed by atoms with Gasteiger partial charge in [-0.2, -0.15) is 0 Å². The van der Waals surface area contributed by atoms with E-state index in [-0.39, 0.29) is 5.69 Å². The third-order valence-corrected chi connectivity index (χ3v) is 4.28. The Labute approximate surface area is 151 Å². The fraction of sp³-hybridized carbons (Fsp3) is 0.200. The number of fused-ring (bicyclic) bond motifs is 1. The van der Waals surface area contributed by atoms with E-state index in [9.17, 15) is 4.79 Å². The molecule has 128 valence electrons. The molecular formula is C20H19ClN2O2. The standard InChI is InChI=1S/C20H19ClN2O2/c1-4-25-20(24)19-11-18(16-10-14(21)6-8-17(16)23-19)22-15-7-5-12(2)13(3)9-15/h5-11H,4H2,1-3H3,(H,22,23). The molecule has 0 amide bonds. The number of pyridine rings is 1. The molecule has 0 saturated carbocycles. The van der Waals surface area contributed by atoms with Crippen molar-refractivity contribution in [3.63, 3.8) is 0 Å². The van der Waals surface area contributed by atoms with Gasteiger partial charge in [0.2, 0.25) is 0 Å². The topological polar surface area (TPSA) is 51.2 Å². The van der Waals surface area contributed by atoms with Gasteiger partial charge in [0.15, 0.2) is 5.69 Å². The van der Waals surface area contributed by atoms with Crippen molar-refractivity contribution in [3.05, 3.63) is 64.3 Å². The number of carbonyl (C=O) groups is 1. The lowest BCUT2D eigenvalue weighted by atomic mass is 10.1. The van der Waals surface area contributed by atoms with Crippen LogP contribution in [0.2, 0.25) is 5.02 Å². The number of carbonyl (C=O) groups excluding carboxylic acids is 1. The zero-order valence-electron chi connectivity index (χ0n) is 14.4. The van der Waals surface area contributed by atoms with E-state index < -0.39 is 5.97 Å². The summed E-state index contributed by atoms with van der Waals surface area (Å²) in [6.07, 6.45) is 0. The zero-order valence-corrected chi connectivity index (χ0v) is 15.1. The van der Waals surface area contributed by atoms with Crippen LogP contribution in [-0.4, -0.2) is 17.6 Å². The third kappa shape index (κ3) is 3.74. The van der Waals surface area contributed by atoms with E-state index >= 15 is 0 Å². The Balaban J connectivity index is 2.11. The monoisotopic (exact) mass is 354 g/mol. The van der Waals surface area contributed by atoms with E-state index in [1.54, 1.807) is 25.1 Å². The summed E-state index contributed by atoms with van der Waals surface area (Å²) in [7, 11) is 0. The number of hydrogen-bond donors (Lipinski definition) is 1. The van der Waals surface area contributed by atoms with E-state index in [0.717, 1.165) is 16.8 Å². The summed E-state index contributed by atoms with van der Waals surface area (Å²) in [5.41, 5.74) is 5.06. The lowest BCUT2D eigenvalue weighted by Crippen LogP contribution is -2.08. The lowest BCUT2D eigenvalue weighted by molar-refractivity contribution is 0.0520. The van der Waals surface area contributed by atoms with E-state index in [1.165, 1.54) is 11.1 Å². The number of aromatic nitrogens is 1. The Morgan fingerprint density at radius 1 is 1.12 bits per heavy atom. The van der Waals surface area contributed by atoms with Crippen molar-refractivity contribution < 1.29 is 9.53 Å². The van der Waals surface area contributed by atoms with Crippen LogP contribution < -0.4 is 5.32 Å². The second-order valence-corrected chi connectivity index (χ2v) is 6.30. The maximum Gasteiger partial charge on any atom is 0.357 e. The highest BCUT2D eigenvalue weighted by Gasteiger charge is 2.14. The molecule has 0 saturated heterocycles. The molecule has 0 radical (unpaired) electrons. The Kier molecular flexibility index (Phi) is 4.91. The molecule has 1 aromatic heterocycles. The highest BCUT2D eigenvalue weighted by molar-refractivity contribution is 6.31. The molecule has 3 aromatic rings. The average Bonchev–Trinajstić information content (AvgIpc) is 2.58. The average molecular weight is 355 g/mol. The number of aryl methyl sites for hydroxylation is 2. The molecule has 0 aliphatic heterocycles. The van der Waals surface area contributed by atoms with E-state index in [2.05, 4.69) is 36.3 Å². The largest absolute Gasteiger partial charge is 0.461 e. The first-order valence-corrected chi connectivity index (χ1v) is 8.47. The molecule has 0 aliphatic carbocycles. The van der Waals surface area contributed by atoms with Gasteiger partial charge in [0.05, 0.1) is 17.8 Å². The normalized spacial score (nSPS) is 10.7. The summed E-state index contributed by atoms with van der Waals surface area (Å²) in [5.74, 6) is -0.442. The number of nitrogens with one attached hydrogen (secondary N) is 1. The maximum atomic E-state index is 12.1. The van der Waals surface area contributed by atoms with Crippen molar-refractivity contribution in [1.82, 2.24) is 4.98 Å². The van der Waals surface area contributed by atoms with Crippen LogP contribution in [0, 0.1) is 13.8 Å². The van der Waals surface area contributed by atoms with Crippen LogP contribution in [0.15, 0.2) is 42.5 Å². The minimum atomic E-state index is -0.442. The maximum absolute atomic E-state index is 12.1. The Morgan fingerprint density at radius 2 is 1.92 bits per heavy atom. The summed E-state index contributed by atoms with van der Waals surface area (Å²) >= 11 is 6.14. The minimum absolute atomic E-state index is 0.267. The van der Waals surface area contributed by atoms with Crippen molar-refractivity contribution in [2.24, 2.45) is 0 Å². The van der Waals surface area contributed by atoms with Crippen LogP contribution >= 0.6 is 11.6 Å². The van der Waals surface area contributed by atoms with E-state index in [1.807, 2.05) is 12.1 Å². The summed E-state index contributed by atoms with van der Waals surface area (Å²) in [6, 6.07) is 13.2. The van der Waals surface area contributed by atoms with Gasteiger partial charge in [0.25, 0.3) is 0 Å². The molecule has 0 bridgehead atoms. The van der Waals surface area contributed by atoms with Gasteiger partial charge in [-0.05, 0) is 68.3 Å². The highest BCUT2D eigenvalue weighted by atomic mass is 35.5. The van der Waals surface area contributed by atoms with Gasteiger partial charge >= 0.3 is 5.97 Å². The van der Waals surface area contributed by atoms with Gasteiger partial charge < -0.3 is 10.1 Å². The van der Waals surface area contributed by atoms with Crippen LogP contribution in [0.25, 0.3) is 10.9 Å². The molecule has 2 aromatic carbocycles. The summed E-state index contributed by atoms with van der Waals surface area (Å²) in [6.45, 7) is 6.21. The van der Waals surface area contributed by atoms with Gasteiger partial charge in [-0.25, -0.2) is 9.78 Å². The van der Waals surface area contributed by atoms with Crippen molar-refractivity contribution in [2.75, 3.05) is 11.9 Å². The minimum Gasteiger partial charge on any atom is -0.461 e. The molecule has 1 heterocycles. The first kappa shape index (κ1) is 17.2. The fourth-order valence-corrected chi connectivity index (χ4v) is 2.76. The molecule has 0 atom stereocenters. The van der Waals surface area contributed by atoms with Crippen LogP contribution in [0.5, 0.6) is 0 Å². The first-order chi connectivity index (χ1) is 12.0. The van der Waals surface area contributed by atoms with Crippen molar-refractivity contribution in [2.45, 2.75) is 20.8 Å². The molecular weight excluding hydrogens is 336 g/mol. The van der Waals surface area contributed by atoms with Crippen LogP contribution in [0.1, 0.15) is 28.5 Å². The fourth-order valence-electron chi connectivity index (χ4n) is 2.59. The molecule has 25 heavy (non-hydrogen) atoms. The number of ether oxygens (including phenoxy) is 1. The van der Waals surface area contributed by atoms with Crippen molar-refractivity contribution in [3.8, 4) is 0 Å². The molecule has 4 nitrogen and oxygen atoms in total. The summed E-state index contributed by atoms with van der Waals surface area (Å²) in [5, 5.41) is 4.83. The molecule has 0 aliphatic rings. The van der Waals surface area contributed by atoms with Gasteiger partial charge in [-0.15, -0.1) is 0 Å². The van der Waals surface area contributed by atoms with Gasteiger partial charge in [-0.3, -0.25) is 0 Å².